The van der Waals surface area contributed by atoms with Crippen molar-refractivity contribution in [2.24, 2.45) is 11.8 Å². The summed E-state index contributed by atoms with van der Waals surface area (Å²) in [5.41, 5.74) is 0. The highest BCUT2D eigenvalue weighted by atomic mass is 16.4. The molecular weight excluding hydrogens is 746 g/mol. The lowest BCUT2D eigenvalue weighted by Crippen LogP contribution is -2.62. The van der Waals surface area contributed by atoms with E-state index in [-0.39, 0.29) is 0 Å². The maximum absolute atomic E-state index is 13.7. The first-order valence-corrected chi connectivity index (χ1v) is 18.2. The molecule has 1 heterocycles. The number of aliphatic hydroxyl groups excluding tert-OH is 1. The number of rotatable bonds is 25. The molecule has 1 rings (SSSR count). The van der Waals surface area contributed by atoms with Gasteiger partial charge in [-0.3, -0.25) is 43.2 Å². The minimum absolute atomic E-state index is 0.299. The van der Waals surface area contributed by atoms with Gasteiger partial charge in [0.2, 0.25) is 35.4 Å². The third-order valence-electron chi connectivity index (χ3n) is 9.03. The minimum Gasteiger partial charge on any atom is -0.481 e. The number of aliphatic carboxylic acids is 4. The molecule has 0 saturated carbocycles. The fourth-order valence-corrected chi connectivity index (χ4v) is 5.54. The lowest BCUT2D eigenvalue weighted by molar-refractivity contribution is -0.147. The van der Waals surface area contributed by atoms with Crippen molar-refractivity contribution in [2.75, 3.05) is 6.54 Å². The summed E-state index contributed by atoms with van der Waals surface area (Å²) in [7, 11) is 0. The molecule has 22 nitrogen and oxygen atoms in total. The van der Waals surface area contributed by atoms with Crippen molar-refractivity contribution in [3.8, 4) is 0 Å². The van der Waals surface area contributed by atoms with Gasteiger partial charge in [-0.15, -0.1) is 0 Å². The van der Waals surface area contributed by atoms with Crippen molar-refractivity contribution in [2.45, 2.75) is 134 Å². The Morgan fingerprint density at radius 1 is 0.607 bits per heavy atom. The summed E-state index contributed by atoms with van der Waals surface area (Å²) >= 11 is 0. The third-order valence-corrected chi connectivity index (χ3v) is 9.03. The van der Waals surface area contributed by atoms with E-state index in [4.69, 9.17) is 5.11 Å². The lowest BCUT2D eigenvalue weighted by Gasteiger charge is -2.30. The Morgan fingerprint density at radius 2 is 1.07 bits per heavy atom. The number of hydrogen-bond acceptors (Lipinski definition) is 12. The van der Waals surface area contributed by atoms with E-state index in [2.05, 4.69) is 31.9 Å². The summed E-state index contributed by atoms with van der Waals surface area (Å²) in [5, 5.41) is 64.2. The number of carbonyl (C=O) groups excluding carboxylic acids is 6. The van der Waals surface area contributed by atoms with Crippen molar-refractivity contribution in [1.29, 1.82) is 0 Å². The molecule has 0 radical (unpaired) electrons. The van der Waals surface area contributed by atoms with Crippen molar-refractivity contribution >= 4 is 59.3 Å². The number of carboxylic acid groups (broad SMARTS) is 4. The van der Waals surface area contributed by atoms with Gasteiger partial charge in [0.1, 0.15) is 36.3 Å². The molecule has 12 N–H and O–H groups in total. The van der Waals surface area contributed by atoms with Crippen LogP contribution in [0.4, 0.5) is 0 Å². The zero-order valence-corrected chi connectivity index (χ0v) is 32.0. The molecule has 1 saturated heterocycles. The fraction of sp³-hybridized carbons (Fsp3) is 0.706. The van der Waals surface area contributed by atoms with Crippen LogP contribution in [-0.4, -0.2) is 140 Å². The van der Waals surface area contributed by atoms with Crippen molar-refractivity contribution in [1.82, 2.24) is 37.2 Å². The van der Waals surface area contributed by atoms with Gasteiger partial charge in [-0.05, 0) is 51.0 Å². The fourth-order valence-electron chi connectivity index (χ4n) is 5.54. The Kier molecular flexibility index (Phi) is 20.4. The van der Waals surface area contributed by atoms with Crippen LogP contribution in [0.3, 0.4) is 0 Å². The number of amides is 6. The molecule has 1 aliphatic heterocycles. The van der Waals surface area contributed by atoms with Gasteiger partial charge in [0.05, 0.1) is 18.6 Å². The van der Waals surface area contributed by atoms with E-state index >= 15 is 0 Å². The Labute approximate surface area is 322 Å². The summed E-state index contributed by atoms with van der Waals surface area (Å²) < 4.78 is 0. The molecule has 1 fully saturated rings. The molecule has 0 aromatic carbocycles. The Bertz CT molecular complexity index is 1450. The first kappa shape index (κ1) is 48.6. The van der Waals surface area contributed by atoms with E-state index in [1.54, 1.807) is 13.8 Å². The summed E-state index contributed by atoms with van der Waals surface area (Å²) in [4.78, 5) is 125. The number of nitrogens with one attached hydrogen (secondary N) is 7. The molecule has 6 amide bonds. The Morgan fingerprint density at radius 3 is 1.50 bits per heavy atom. The highest BCUT2D eigenvalue weighted by Gasteiger charge is 2.37. The summed E-state index contributed by atoms with van der Waals surface area (Å²) in [6.07, 6.45) is -3.33. The average Bonchev–Trinajstić information content (AvgIpc) is 3.65. The summed E-state index contributed by atoms with van der Waals surface area (Å²) in [6, 6.07) is -10.2. The molecule has 22 heteroatoms. The maximum atomic E-state index is 13.7. The van der Waals surface area contributed by atoms with Crippen LogP contribution in [0.5, 0.6) is 0 Å². The van der Waals surface area contributed by atoms with Crippen LogP contribution in [0.1, 0.15) is 86.0 Å². The molecule has 0 aliphatic carbocycles. The topological polar surface area (TPSA) is 356 Å². The SMILES string of the molecule is CC[C@H](C)[C@H](NC(=O)[C@@H](NC(=O)[C@@H]1CCCN1)[C@@H](C)O)C(=O)N[C@@H](CCC(=O)O)C(=O)N[C@@H](CCC(=O)O)C(=O)N[C@H](C(=O)N[C@@H](CC(=O)O)C(=O)O)C(C)C. The normalized spacial score (nSPS) is 18.0. The highest BCUT2D eigenvalue weighted by Crippen LogP contribution is 2.13. The molecule has 0 unspecified atom stereocenters. The van der Waals surface area contributed by atoms with Gasteiger partial charge >= 0.3 is 23.9 Å². The largest absolute Gasteiger partial charge is 0.481 e. The van der Waals surface area contributed by atoms with E-state index in [9.17, 15) is 68.4 Å². The number of aliphatic hydroxyl groups is 1. The average molecular weight is 802 g/mol. The maximum Gasteiger partial charge on any atom is 0.326 e. The van der Waals surface area contributed by atoms with E-state index in [1.807, 2.05) is 5.32 Å². The van der Waals surface area contributed by atoms with Crippen LogP contribution < -0.4 is 37.2 Å². The van der Waals surface area contributed by atoms with Gasteiger partial charge in [-0.2, -0.15) is 0 Å². The zero-order chi connectivity index (χ0) is 42.9. The van der Waals surface area contributed by atoms with Gasteiger partial charge in [-0.25, -0.2) is 4.79 Å². The second kappa shape index (κ2) is 23.5. The van der Waals surface area contributed by atoms with E-state index in [0.717, 1.165) is 6.42 Å². The molecule has 9 atom stereocenters. The van der Waals surface area contributed by atoms with Crippen LogP contribution in [-0.2, 0) is 47.9 Å². The van der Waals surface area contributed by atoms with Gasteiger partial charge in [0.25, 0.3) is 0 Å². The zero-order valence-electron chi connectivity index (χ0n) is 32.0. The second-order valence-electron chi connectivity index (χ2n) is 14.0. The molecule has 1 aliphatic rings. The predicted octanol–water partition coefficient (Wildman–Crippen LogP) is -2.98. The number of carboxylic acids is 4. The Balaban J connectivity index is 3.33. The molecule has 316 valence electrons. The van der Waals surface area contributed by atoms with E-state index in [1.165, 1.54) is 20.8 Å². The first-order chi connectivity index (χ1) is 26.1. The molecule has 0 aromatic rings. The van der Waals surface area contributed by atoms with Crippen molar-refractivity contribution < 1.29 is 73.5 Å². The van der Waals surface area contributed by atoms with E-state index < -0.39 is 152 Å². The summed E-state index contributed by atoms with van der Waals surface area (Å²) in [6.45, 7) is 8.03. The van der Waals surface area contributed by atoms with Crippen LogP contribution in [0.15, 0.2) is 0 Å². The van der Waals surface area contributed by atoms with Gasteiger partial charge in [-0.1, -0.05) is 34.1 Å². The smallest absolute Gasteiger partial charge is 0.326 e. The predicted molar refractivity (Wildman–Crippen MR) is 192 cm³/mol. The summed E-state index contributed by atoms with van der Waals surface area (Å²) in [5.74, 6) is -13.1. The highest BCUT2D eigenvalue weighted by molar-refractivity contribution is 5.97. The minimum atomic E-state index is -1.87. The van der Waals surface area contributed by atoms with Crippen LogP contribution in [0.2, 0.25) is 0 Å². The van der Waals surface area contributed by atoms with Gasteiger partial charge in [0.15, 0.2) is 0 Å². The number of carbonyl (C=O) groups is 10. The number of hydrogen-bond donors (Lipinski definition) is 12. The van der Waals surface area contributed by atoms with Gasteiger partial charge < -0.3 is 62.8 Å². The Hall–Kier alpha value is -5.38. The van der Waals surface area contributed by atoms with Crippen molar-refractivity contribution in [3.05, 3.63) is 0 Å². The second-order valence-corrected chi connectivity index (χ2v) is 14.0. The monoisotopic (exact) mass is 801 g/mol. The van der Waals surface area contributed by atoms with Gasteiger partial charge in [0, 0.05) is 12.8 Å². The van der Waals surface area contributed by atoms with Crippen LogP contribution in [0.25, 0.3) is 0 Å². The molecule has 0 spiro atoms. The standard InChI is InChI=1S/C34H55N7O15/c1-6-16(4)26(40-33(54)27(17(5)42)41-28(49)18-8-7-13-35-18)32(53)37-19(9-11-22(43)44)29(50)36-20(10-12-23(45)46)30(51)39-25(15(2)3)31(52)38-21(34(55)56)14-24(47)48/h15-21,25-27,35,42H,6-14H2,1-5H3,(H,36,50)(H,37,53)(H,38,52)(H,39,51)(H,40,54)(H,41,49)(H,43,44)(H,45,46)(H,47,48)(H,55,56)/t16-,17+,18-,19-,20-,21-,25-,26-,27-/m0/s1. The third kappa shape index (κ3) is 16.6. The molecule has 0 bridgehead atoms. The molecular formula is C34H55N7O15. The van der Waals surface area contributed by atoms with Crippen molar-refractivity contribution in [3.63, 3.8) is 0 Å². The first-order valence-electron chi connectivity index (χ1n) is 18.2. The van der Waals surface area contributed by atoms with Crippen LogP contribution in [0, 0.1) is 11.8 Å². The molecule has 56 heavy (non-hydrogen) atoms. The lowest BCUT2D eigenvalue weighted by atomic mass is 9.96. The van der Waals surface area contributed by atoms with Crippen LogP contribution >= 0.6 is 0 Å². The molecule has 0 aromatic heterocycles. The van der Waals surface area contributed by atoms with E-state index in [0.29, 0.717) is 19.4 Å². The quantitative estimate of drug-likeness (QED) is 0.0438.